The van der Waals surface area contributed by atoms with E-state index >= 15 is 0 Å². The van der Waals surface area contributed by atoms with Crippen molar-refractivity contribution < 1.29 is 19.0 Å². The van der Waals surface area contributed by atoms with Crippen LogP contribution in [0.2, 0.25) is 5.02 Å². The summed E-state index contributed by atoms with van der Waals surface area (Å²) in [4.78, 5) is 14.2. The Hall–Kier alpha value is -2.44. The minimum absolute atomic E-state index is 0.0726. The second kappa shape index (κ2) is 12.1. The lowest BCUT2D eigenvalue weighted by molar-refractivity contribution is -0.117. The number of nitrogens with two attached hydrogens (primary N) is 1. The molecule has 0 radical (unpaired) electrons. The van der Waals surface area contributed by atoms with Crippen molar-refractivity contribution in [2.45, 2.75) is 51.5 Å². The highest BCUT2D eigenvalue weighted by Gasteiger charge is 2.26. The Kier molecular flexibility index (Phi) is 9.27. The topological polar surface area (TPSA) is 74.0 Å². The van der Waals surface area contributed by atoms with Crippen LogP contribution in [-0.4, -0.2) is 44.6 Å². The third-order valence-electron chi connectivity index (χ3n) is 6.19. The van der Waals surface area contributed by atoms with E-state index in [9.17, 15) is 4.79 Å². The molecule has 0 aliphatic carbocycles. The molecule has 2 aromatic rings. The number of rotatable bonds is 11. The molecule has 7 heteroatoms. The lowest BCUT2D eigenvalue weighted by Crippen LogP contribution is -2.34. The van der Waals surface area contributed by atoms with Gasteiger partial charge >= 0.3 is 0 Å². The molecule has 2 N–H and O–H groups in total. The highest BCUT2D eigenvalue weighted by atomic mass is 35.5. The molecule has 0 aromatic heterocycles. The quantitative estimate of drug-likeness (QED) is 0.436. The van der Waals surface area contributed by atoms with Gasteiger partial charge in [-0.3, -0.25) is 4.90 Å². The first-order chi connectivity index (χ1) is 15.9. The Morgan fingerprint density at radius 2 is 1.79 bits per heavy atom. The Morgan fingerprint density at radius 3 is 2.45 bits per heavy atom. The fourth-order valence-electron chi connectivity index (χ4n) is 4.39. The summed E-state index contributed by atoms with van der Waals surface area (Å²) in [6, 6.07) is 9.67. The van der Waals surface area contributed by atoms with E-state index in [1.807, 2.05) is 30.3 Å². The van der Waals surface area contributed by atoms with Crippen LogP contribution in [0.5, 0.6) is 17.2 Å². The summed E-state index contributed by atoms with van der Waals surface area (Å²) in [5, 5.41) is 0.516. The summed E-state index contributed by atoms with van der Waals surface area (Å²) in [5.41, 5.74) is 8.71. The highest BCUT2D eigenvalue weighted by Crippen LogP contribution is 2.39. The molecule has 0 saturated carbocycles. The number of piperidine rings is 1. The molecule has 33 heavy (non-hydrogen) atoms. The van der Waals surface area contributed by atoms with Gasteiger partial charge < -0.3 is 24.7 Å². The van der Waals surface area contributed by atoms with Crippen LogP contribution in [0, 0.1) is 0 Å². The number of ether oxygens (including phenoxy) is 3. The number of nitrogens with zero attached hydrogens (tertiary/aromatic N) is 1. The predicted molar refractivity (Wildman–Crippen MR) is 133 cm³/mol. The first-order valence-corrected chi connectivity index (χ1v) is 12.0. The summed E-state index contributed by atoms with van der Waals surface area (Å²) in [6.07, 6.45) is 5.52. The van der Waals surface area contributed by atoms with Gasteiger partial charge in [-0.25, -0.2) is 0 Å². The monoisotopic (exact) mass is 474 g/mol. The van der Waals surface area contributed by atoms with Gasteiger partial charge in [-0.05, 0) is 63.0 Å². The molecule has 6 nitrogen and oxygen atoms in total. The predicted octanol–water partition coefficient (Wildman–Crippen LogP) is 5.46. The van der Waals surface area contributed by atoms with E-state index in [1.54, 1.807) is 21.1 Å². The number of ketones is 1. The zero-order valence-electron chi connectivity index (χ0n) is 19.9. The van der Waals surface area contributed by atoms with Crippen molar-refractivity contribution in [3.8, 4) is 17.2 Å². The minimum atomic E-state index is 0.0726. The van der Waals surface area contributed by atoms with Crippen molar-refractivity contribution in [2.75, 3.05) is 39.6 Å². The minimum Gasteiger partial charge on any atom is -0.493 e. The normalized spacial score (nSPS) is 15.2. The smallest absolute Gasteiger partial charge is 0.160 e. The number of hydrogen-bond acceptors (Lipinski definition) is 6. The fraction of sp³-hybridized carbons (Fsp3) is 0.500. The maximum atomic E-state index is 11.8. The van der Waals surface area contributed by atoms with Crippen LogP contribution in [0.4, 0.5) is 5.69 Å². The van der Waals surface area contributed by atoms with Gasteiger partial charge in [0.15, 0.2) is 11.5 Å². The molecule has 1 heterocycles. The lowest BCUT2D eigenvalue weighted by Gasteiger charge is -2.35. The number of hydrogen-bond donors (Lipinski definition) is 1. The van der Waals surface area contributed by atoms with E-state index in [1.165, 1.54) is 6.42 Å². The number of carbonyl (C=O) groups excluding carboxylic acids is 1. The largest absolute Gasteiger partial charge is 0.493 e. The van der Waals surface area contributed by atoms with Crippen molar-refractivity contribution in [3.63, 3.8) is 0 Å². The summed E-state index contributed by atoms with van der Waals surface area (Å²) in [7, 11) is 3.25. The van der Waals surface area contributed by atoms with Gasteiger partial charge in [0.1, 0.15) is 11.5 Å². The molecule has 3 rings (SSSR count). The first kappa shape index (κ1) is 25.2. The molecule has 1 unspecified atom stereocenters. The molecule has 1 aliphatic rings. The molecule has 1 atom stereocenters. The molecular formula is C26H35ClN2O4. The van der Waals surface area contributed by atoms with Crippen LogP contribution in [0.3, 0.4) is 0 Å². The van der Waals surface area contributed by atoms with Crippen molar-refractivity contribution in [3.05, 3.63) is 46.5 Å². The van der Waals surface area contributed by atoms with Gasteiger partial charge in [0, 0.05) is 30.5 Å². The molecule has 0 spiro atoms. The van der Waals surface area contributed by atoms with Gasteiger partial charge in [-0.2, -0.15) is 0 Å². The maximum absolute atomic E-state index is 11.8. The number of methoxy groups -OCH3 is 2. The van der Waals surface area contributed by atoms with Gasteiger partial charge in [0.2, 0.25) is 0 Å². The molecule has 2 aromatic carbocycles. The summed E-state index contributed by atoms with van der Waals surface area (Å²) in [5.74, 6) is 2.32. The summed E-state index contributed by atoms with van der Waals surface area (Å²) < 4.78 is 17.0. The number of nitrogen functional groups attached to an aromatic ring is 1. The van der Waals surface area contributed by atoms with Crippen molar-refractivity contribution in [1.82, 2.24) is 4.90 Å². The molecule has 1 saturated heterocycles. The van der Waals surface area contributed by atoms with Crippen molar-refractivity contribution in [2.24, 2.45) is 0 Å². The second-order valence-electron chi connectivity index (χ2n) is 8.55. The zero-order valence-corrected chi connectivity index (χ0v) is 20.6. The van der Waals surface area contributed by atoms with E-state index in [0.29, 0.717) is 41.7 Å². The van der Waals surface area contributed by atoms with Gasteiger partial charge in [-0.1, -0.05) is 24.1 Å². The van der Waals surface area contributed by atoms with Crippen LogP contribution < -0.4 is 19.9 Å². The number of benzene rings is 2. The SMILES string of the molecule is COc1ccc(CCOc2cc(N)c(Cl)cc2C(CCC(C)=O)N2CCCCC2)cc1OC. The van der Waals surface area contributed by atoms with Crippen molar-refractivity contribution >= 4 is 23.1 Å². The van der Waals surface area contributed by atoms with Crippen LogP contribution in [0.1, 0.15) is 56.2 Å². The Labute approximate surface area is 201 Å². The van der Waals surface area contributed by atoms with Gasteiger partial charge in [0.25, 0.3) is 0 Å². The van der Waals surface area contributed by atoms with E-state index in [0.717, 1.165) is 49.2 Å². The van der Waals surface area contributed by atoms with Crippen LogP contribution >= 0.6 is 11.6 Å². The number of halogens is 1. The first-order valence-electron chi connectivity index (χ1n) is 11.6. The second-order valence-corrected chi connectivity index (χ2v) is 8.96. The number of likely N-dealkylation sites (tertiary alicyclic amines) is 1. The lowest BCUT2D eigenvalue weighted by atomic mass is 9.95. The maximum Gasteiger partial charge on any atom is 0.160 e. The average molecular weight is 475 g/mol. The summed E-state index contributed by atoms with van der Waals surface area (Å²) in [6.45, 7) is 4.14. The molecule has 1 fully saturated rings. The molecule has 0 bridgehead atoms. The number of carbonyl (C=O) groups is 1. The third-order valence-corrected chi connectivity index (χ3v) is 6.51. The zero-order chi connectivity index (χ0) is 23.8. The average Bonchev–Trinajstić information content (AvgIpc) is 2.82. The Balaban J connectivity index is 1.81. The van der Waals surface area contributed by atoms with Crippen LogP contribution in [0.15, 0.2) is 30.3 Å². The molecule has 0 amide bonds. The van der Waals surface area contributed by atoms with Crippen LogP contribution in [0.25, 0.3) is 0 Å². The van der Waals surface area contributed by atoms with E-state index < -0.39 is 0 Å². The van der Waals surface area contributed by atoms with E-state index in [4.69, 9.17) is 31.5 Å². The van der Waals surface area contributed by atoms with E-state index in [-0.39, 0.29) is 11.8 Å². The number of anilines is 1. The van der Waals surface area contributed by atoms with E-state index in [2.05, 4.69) is 4.90 Å². The standard InChI is InChI=1S/C26H35ClN2O4/c1-18(30)7-9-23(29-12-5-4-6-13-29)20-16-21(27)22(28)17-25(20)33-14-11-19-8-10-24(31-2)26(15-19)32-3/h8,10,15-17,23H,4-7,9,11-14,28H2,1-3H3. The van der Waals surface area contributed by atoms with Crippen molar-refractivity contribution in [1.29, 1.82) is 0 Å². The van der Waals surface area contributed by atoms with Gasteiger partial charge in [0.05, 0.1) is 31.5 Å². The molecular weight excluding hydrogens is 440 g/mol. The molecule has 180 valence electrons. The Morgan fingerprint density at radius 1 is 1.06 bits per heavy atom. The summed E-state index contributed by atoms with van der Waals surface area (Å²) >= 11 is 6.43. The van der Waals surface area contributed by atoms with Crippen LogP contribution in [-0.2, 0) is 11.2 Å². The fourth-order valence-corrected chi connectivity index (χ4v) is 4.56. The molecule has 1 aliphatic heterocycles. The van der Waals surface area contributed by atoms with Gasteiger partial charge in [-0.15, -0.1) is 0 Å². The number of Topliss-reactive ketones (excluding diaryl/α,β-unsaturated/α-hetero) is 1. The third kappa shape index (κ3) is 6.78. The highest BCUT2D eigenvalue weighted by molar-refractivity contribution is 6.33. The Bertz CT molecular complexity index is 944.